The molecule has 1 aliphatic carbocycles. The summed E-state index contributed by atoms with van der Waals surface area (Å²) >= 11 is 0. The summed E-state index contributed by atoms with van der Waals surface area (Å²) < 4.78 is 5.57. The fourth-order valence-corrected chi connectivity index (χ4v) is 4.04. The summed E-state index contributed by atoms with van der Waals surface area (Å²) in [5.41, 5.74) is 4.37. The van der Waals surface area contributed by atoms with Gasteiger partial charge in [-0.05, 0) is 53.3 Å². The van der Waals surface area contributed by atoms with Gasteiger partial charge in [0, 0.05) is 5.56 Å². The quantitative estimate of drug-likeness (QED) is 0.444. The van der Waals surface area contributed by atoms with E-state index in [2.05, 4.69) is 22.7 Å². The average molecular weight is 402 g/mol. The van der Waals surface area contributed by atoms with Gasteiger partial charge in [0.2, 0.25) is 0 Å². The van der Waals surface area contributed by atoms with Crippen LogP contribution in [0.25, 0.3) is 10.8 Å². The molecule has 0 bridgehead atoms. The van der Waals surface area contributed by atoms with Crippen molar-refractivity contribution in [2.75, 3.05) is 6.61 Å². The van der Waals surface area contributed by atoms with Crippen molar-refractivity contribution in [3.8, 4) is 11.5 Å². The molecule has 2 N–H and O–H groups in total. The highest BCUT2D eigenvalue weighted by Gasteiger charge is 2.15. The second-order valence-corrected chi connectivity index (χ2v) is 7.71. The predicted octanol–water partition coefficient (Wildman–Crippen LogP) is 5.12. The summed E-state index contributed by atoms with van der Waals surface area (Å²) in [6.07, 6.45) is 7.92. The van der Waals surface area contributed by atoms with E-state index in [9.17, 15) is 9.90 Å². The van der Waals surface area contributed by atoms with Crippen molar-refractivity contribution in [2.45, 2.75) is 38.0 Å². The number of ether oxygens (including phenoxy) is 1. The highest BCUT2D eigenvalue weighted by molar-refractivity contribution is 6.02. The van der Waals surface area contributed by atoms with Gasteiger partial charge in [-0.3, -0.25) is 4.79 Å². The zero-order valence-electron chi connectivity index (χ0n) is 16.9. The fourth-order valence-electron chi connectivity index (χ4n) is 4.04. The lowest BCUT2D eigenvalue weighted by molar-refractivity contribution is -0.123. The van der Waals surface area contributed by atoms with Gasteiger partial charge in [-0.1, -0.05) is 61.7 Å². The molecule has 0 spiro atoms. The van der Waals surface area contributed by atoms with Gasteiger partial charge < -0.3 is 9.84 Å². The van der Waals surface area contributed by atoms with Gasteiger partial charge in [-0.2, -0.15) is 5.10 Å². The number of phenolic OH excluding ortho intramolecular Hbond substituents is 1. The molecule has 0 heterocycles. The second-order valence-electron chi connectivity index (χ2n) is 7.71. The fraction of sp³-hybridized carbons (Fsp3) is 0.280. The minimum atomic E-state index is -0.359. The van der Waals surface area contributed by atoms with Crippen LogP contribution in [0.5, 0.6) is 11.5 Å². The van der Waals surface area contributed by atoms with Crippen LogP contribution in [0.1, 0.15) is 49.1 Å². The molecule has 4 rings (SSSR count). The molecule has 0 saturated heterocycles. The number of benzene rings is 3. The number of fused-ring (bicyclic) bond motifs is 1. The smallest absolute Gasteiger partial charge is 0.277 e. The SMILES string of the molecule is O=C(COc1ccc(C2CCCCC2)cc1)N/N=C\c1c(O)ccc2ccccc12. The maximum Gasteiger partial charge on any atom is 0.277 e. The van der Waals surface area contributed by atoms with Crippen molar-refractivity contribution < 1.29 is 14.6 Å². The van der Waals surface area contributed by atoms with E-state index in [4.69, 9.17) is 4.74 Å². The zero-order valence-corrected chi connectivity index (χ0v) is 16.9. The zero-order chi connectivity index (χ0) is 20.8. The molecule has 5 nitrogen and oxygen atoms in total. The summed E-state index contributed by atoms with van der Waals surface area (Å²) in [5.74, 6) is 1.07. The van der Waals surface area contributed by atoms with E-state index in [0.29, 0.717) is 17.2 Å². The standard InChI is InChI=1S/C25H26N2O3/c28-24-15-12-20-8-4-5-9-22(20)23(24)16-26-27-25(29)17-30-21-13-10-19(11-14-21)18-6-2-1-3-7-18/h4-5,8-16,18,28H,1-3,6-7,17H2,(H,27,29)/b26-16-. The van der Waals surface area contributed by atoms with E-state index in [1.807, 2.05) is 42.5 Å². The van der Waals surface area contributed by atoms with E-state index >= 15 is 0 Å². The Kier molecular flexibility index (Phi) is 6.28. The number of carbonyl (C=O) groups excluding carboxylic acids is 1. The number of phenols is 1. The number of hydrogen-bond acceptors (Lipinski definition) is 4. The van der Waals surface area contributed by atoms with Gasteiger partial charge in [0.1, 0.15) is 11.5 Å². The largest absolute Gasteiger partial charge is 0.507 e. The van der Waals surface area contributed by atoms with Crippen LogP contribution in [0.4, 0.5) is 0 Å². The normalized spacial score (nSPS) is 14.8. The Labute approximate surface area is 176 Å². The summed E-state index contributed by atoms with van der Waals surface area (Å²) in [5, 5.41) is 15.9. The highest BCUT2D eigenvalue weighted by atomic mass is 16.5. The maximum absolute atomic E-state index is 12.1. The number of nitrogens with zero attached hydrogens (tertiary/aromatic N) is 1. The minimum Gasteiger partial charge on any atom is -0.507 e. The van der Waals surface area contributed by atoms with Gasteiger partial charge in [0.05, 0.1) is 6.21 Å². The van der Waals surface area contributed by atoms with E-state index in [1.165, 1.54) is 43.9 Å². The van der Waals surface area contributed by atoms with Crippen LogP contribution in [0.2, 0.25) is 0 Å². The molecular weight excluding hydrogens is 376 g/mol. The molecule has 154 valence electrons. The van der Waals surface area contributed by atoms with E-state index in [-0.39, 0.29) is 18.3 Å². The highest BCUT2D eigenvalue weighted by Crippen LogP contribution is 2.33. The Bertz CT molecular complexity index is 1040. The van der Waals surface area contributed by atoms with Crippen molar-refractivity contribution >= 4 is 22.9 Å². The Morgan fingerprint density at radius 2 is 1.80 bits per heavy atom. The summed E-state index contributed by atoms with van der Waals surface area (Å²) in [6.45, 7) is -0.123. The van der Waals surface area contributed by atoms with Crippen LogP contribution in [0, 0.1) is 0 Å². The molecule has 0 aromatic heterocycles. The molecule has 3 aromatic rings. The van der Waals surface area contributed by atoms with Gasteiger partial charge in [0.25, 0.3) is 5.91 Å². The molecule has 1 fully saturated rings. The van der Waals surface area contributed by atoms with Gasteiger partial charge in [-0.15, -0.1) is 0 Å². The molecule has 1 aliphatic rings. The first-order valence-corrected chi connectivity index (χ1v) is 10.5. The lowest BCUT2D eigenvalue weighted by Gasteiger charge is -2.22. The predicted molar refractivity (Wildman–Crippen MR) is 119 cm³/mol. The topological polar surface area (TPSA) is 70.9 Å². The first-order valence-electron chi connectivity index (χ1n) is 10.5. The number of hydrogen-bond donors (Lipinski definition) is 2. The van der Waals surface area contributed by atoms with Crippen LogP contribution in [-0.4, -0.2) is 23.8 Å². The van der Waals surface area contributed by atoms with Gasteiger partial charge in [0.15, 0.2) is 6.61 Å². The minimum absolute atomic E-state index is 0.112. The number of carbonyl (C=O) groups is 1. The maximum atomic E-state index is 12.1. The van der Waals surface area contributed by atoms with Gasteiger partial charge in [-0.25, -0.2) is 5.43 Å². The van der Waals surface area contributed by atoms with Crippen LogP contribution in [-0.2, 0) is 4.79 Å². The molecule has 0 aliphatic heterocycles. The first kappa shape index (κ1) is 20.0. The molecule has 0 radical (unpaired) electrons. The Morgan fingerprint density at radius 1 is 1.03 bits per heavy atom. The second kappa shape index (κ2) is 9.44. The van der Waals surface area contributed by atoms with Crippen molar-refractivity contribution in [1.82, 2.24) is 5.43 Å². The third-order valence-electron chi connectivity index (χ3n) is 5.66. The third-order valence-corrected chi connectivity index (χ3v) is 5.66. The monoisotopic (exact) mass is 402 g/mol. The van der Waals surface area contributed by atoms with Crippen LogP contribution < -0.4 is 10.2 Å². The molecule has 1 saturated carbocycles. The Balaban J connectivity index is 1.31. The number of nitrogens with one attached hydrogen (secondary N) is 1. The third kappa shape index (κ3) is 4.79. The number of amides is 1. The van der Waals surface area contributed by atoms with E-state index < -0.39 is 0 Å². The number of aromatic hydroxyl groups is 1. The van der Waals surface area contributed by atoms with Crippen molar-refractivity contribution in [3.05, 3.63) is 71.8 Å². The molecule has 0 atom stereocenters. The van der Waals surface area contributed by atoms with Crippen LogP contribution >= 0.6 is 0 Å². The molecular formula is C25H26N2O3. The lowest BCUT2D eigenvalue weighted by atomic mass is 9.84. The molecule has 0 unspecified atom stereocenters. The van der Waals surface area contributed by atoms with Crippen molar-refractivity contribution in [2.24, 2.45) is 5.10 Å². The van der Waals surface area contributed by atoms with E-state index in [0.717, 1.165) is 10.8 Å². The lowest BCUT2D eigenvalue weighted by Crippen LogP contribution is -2.24. The average Bonchev–Trinajstić information content (AvgIpc) is 2.80. The van der Waals surface area contributed by atoms with Crippen molar-refractivity contribution in [1.29, 1.82) is 0 Å². The number of rotatable bonds is 6. The molecule has 1 amide bonds. The number of hydrazone groups is 1. The van der Waals surface area contributed by atoms with E-state index in [1.54, 1.807) is 6.07 Å². The molecule has 3 aromatic carbocycles. The summed E-state index contributed by atoms with van der Waals surface area (Å²) in [7, 11) is 0. The van der Waals surface area contributed by atoms with Gasteiger partial charge >= 0.3 is 0 Å². The molecule has 5 heteroatoms. The van der Waals surface area contributed by atoms with Crippen LogP contribution in [0.3, 0.4) is 0 Å². The summed E-state index contributed by atoms with van der Waals surface area (Å²) in [6, 6.07) is 19.2. The Morgan fingerprint density at radius 3 is 2.60 bits per heavy atom. The first-order chi connectivity index (χ1) is 14.7. The van der Waals surface area contributed by atoms with Crippen LogP contribution in [0.15, 0.2) is 65.8 Å². The van der Waals surface area contributed by atoms with Crippen molar-refractivity contribution in [3.63, 3.8) is 0 Å². The Hall–Kier alpha value is -3.34. The molecule has 30 heavy (non-hydrogen) atoms. The summed E-state index contributed by atoms with van der Waals surface area (Å²) in [4.78, 5) is 12.1.